The summed E-state index contributed by atoms with van der Waals surface area (Å²) in [7, 11) is 0. The largest absolute Gasteiger partial charge is 0.399 e. The molecule has 0 bridgehead atoms. The summed E-state index contributed by atoms with van der Waals surface area (Å²) in [6.45, 7) is 0. The molecule has 2 heteroatoms. The molecule has 2 rings (SSSR count). The summed E-state index contributed by atoms with van der Waals surface area (Å²) in [5.41, 5.74) is 7.58. The maximum Gasteiger partial charge on any atom is 0.0450 e. The number of benzene rings is 1. The molecule has 0 amide bonds. The first-order valence-corrected chi connectivity index (χ1v) is 4.83. The first-order chi connectivity index (χ1) is 6.86. The zero-order valence-corrected chi connectivity index (χ0v) is 8.06. The van der Waals surface area contributed by atoms with Crippen molar-refractivity contribution in [2.24, 2.45) is 0 Å². The maximum absolute atomic E-state index is 5.63. The Labute approximate surface area is 84.3 Å². The molecule has 1 heterocycles. The van der Waals surface area contributed by atoms with Crippen LogP contribution in [0.15, 0.2) is 48.8 Å². The van der Waals surface area contributed by atoms with Crippen LogP contribution in [0.1, 0.15) is 12.8 Å². The van der Waals surface area contributed by atoms with Crippen LogP contribution in [-0.2, 0) is 0 Å². The third-order valence-corrected chi connectivity index (χ3v) is 2.22. The number of nitrogen functional groups attached to an aromatic ring is 1. The molecule has 0 unspecified atom stereocenters. The third-order valence-electron chi connectivity index (χ3n) is 2.22. The van der Waals surface area contributed by atoms with Gasteiger partial charge in [-0.15, -0.1) is 0 Å². The molecule has 14 heavy (non-hydrogen) atoms. The van der Waals surface area contributed by atoms with E-state index in [9.17, 15) is 0 Å². The van der Waals surface area contributed by atoms with Crippen LogP contribution in [0.5, 0.6) is 0 Å². The summed E-state index contributed by atoms with van der Waals surface area (Å²) >= 11 is 0. The average Bonchev–Trinajstić information content (AvgIpc) is 2.47. The van der Waals surface area contributed by atoms with Crippen LogP contribution < -0.4 is 10.6 Å². The number of hydrogen-bond donors (Lipinski definition) is 1. The molecular weight excluding hydrogens is 172 g/mol. The fourth-order valence-corrected chi connectivity index (χ4v) is 1.44. The molecule has 0 saturated carbocycles. The van der Waals surface area contributed by atoms with Crippen molar-refractivity contribution in [3.8, 4) is 0 Å². The van der Waals surface area contributed by atoms with Crippen molar-refractivity contribution in [2.75, 3.05) is 10.6 Å². The molecule has 1 aromatic carbocycles. The maximum atomic E-state index is 5.63. The average molecular weight is 186 g/mol. The molecule has 1 aliphatic rings. The topological polar surface area (TPSA) is 29.3 Å². The molecule has 0 saturated heterocycles. The number of anilines is 2. The van der Waals surface area contributed by atoms with Gasteiger partial charge in [0.2, 0.25) is 0 Å². The van der Waals surface area contributed by atoms with Crippen molar-refractivity contribution < 1.29 is 0 Å². The summed E-state index contributed by atoms with van der Waals surface area (Å²) < 4.78 is 0. The van der Waals surface area contributed by atoms with Crippen molar-refractivity contribution in [1.29, 1.82) is 0 Å². The van der Waals surface area contributed by atoms with Gasteiger partial charge in [0, 0.05) is 23.8 Å². The smallest absolute Gasteiger partial charge is 0.0450 e. The number of nitrogens with zero attached hydrogens (tertiary/aromatic N) is 1. The van der Waals surface area contributed by atoms with Gasteiger partial charge in [-0.2, -0.15) is 0 Å². The van der Waals surface area contributed by atoms with Gasteiger partial charge >= 0.3 is 0 Å². The van der Waals surface area contributed by atoms with Gasteiger partial charge in [0.05, 0.1) is 0 Å². The number of allylic oxidation sites excluding steroid dienone is 2. The molecule has 0 aromatic heterocycles. The van der Waals surface area contributed by atoms with Crippen molar-refractivity contribution >= 4 is 11.4 Å². The standard InChI is InChI=1S/C12H14N2/c13-11-5-7-12(8-6-11)14-9-3-1-2-4-10-14/h3-10H,1-2,13H2. The monoisotopic (exact) mass is 186 g/mol. The van der Waals surface area contributed by atoms with E-state index in [0.717, 1.165) is 24.2 Å². The van der Waals surface area contributed by atoms with Crippen molar-refractivity contribution in [3.05, 3.63) is 48.8 Å². The number of hydrogen-bond acceptors (Lipinski definition) is 2. The predicted octanol–water partition coefficient (Wildman–Crippen LogP) is 2.90. The lowest BCUT2D eigenvalue weighted by molar-refractivity contribution is 1.06. The lowest BCUT2D eigenvalue weighted by atomic mass is 10.2. The van der Waals surface area contributed by atoms with E-state index in [2.05, 4.69) is 29.5 Å². The minimum Gasteiger partial charge on any atom is -0.399 e. The van der Waals surface area contributed by atoms with E-state index in [1.165, 1.54) is 0 Å². The van der Waals surface area contributed by atoms with Crippen molar-refractivity contribution in [3.63, 3.8) is 0 Å². The van der Waals surface area contributed by atoms with E-state index < -0.39 is 0 Å². The molecule has 0 atom stereocenters. The van der Waals surface area contributed by atoms with Crippen LogP contribution in [-0.4, -0.2) is 0 Å². The number of nitrogens with two attached hydrogens (primary N) is 1. The van der Waals surface area contributed by atoms with Crippen LogP contribution in [0.3, 0.4) is 0 Å². The first kappa shape index (κ1) is 8.88. The Hall–Kier alpha value is -1.70. The van der Waals surface area contributed by atoms with Gasteiger partial charge in [0.15, 0.2) is 0 Å². The van der Waals surface area contributed by atoms with E-state index >= 15 is 0 Å². The van der Waals surface area contributed by atoms with E-state index in [1.54, 1.807) is 0 Å². The fourth-order valence-electron chi connectivity index (χ4n) is 1.44. The molecular formula is C12H14N2. The molecule has 0 radical (unpaired) electrons. The zero-order chi connectivity index (χ0) is 9.80. The summed E-state index contributed by atoms with van der Waals surface area (Å²) in [6.07, 6.45) is 10.8. The third kappa shape index (κ3) is 1.96. The van der Waals surface area contributed by atoms with E-state index in [4.69, 9.17) is 5.73 Å². The highest BCUT2D eigenvalue weighted by Crippen LogP contribution is 2.18. The van der Waals surface area contributed by atoms with E-state index in [0.29, 0.717) is 0 Å². The van der Waals surface area contributed by atoms with E-state index in [1.807, 2.05) is 24.3 Å². The molecule has 0 spiro atoms. The molecule has 1 aromatic rings. The van der Waals surface area contributed by atoms with Gasteiger partial charge < -0.3 is 10.6 Å². The highest BCUT2D eigenvalue weighted by molar-refractivity contribution is 5.56. The highest BCUT2D eigenvalue weighted by atomic mass is 15.1. The SMILES string of the molecule is Nc1ccc(N2C=CCCC=C2)cc1. The van der Waals surface area contributed by atoms with Crippen LogP contribution in [0, 0.1) is 0 Å². The van der Waals surface area contributed by atoms with Crippen LogP contribution in [0.2, 0.25) is 0 Å². The Morgan fingerprint density at radius 2 is 1.50 bits per heavy atom. The van der Waals surface area contributed by atoms with E-state index in [-0.39, 0.29) is 0 Å². The van der Waals surface area contributed by atoms with Gasteiger partial charge in [-0.1, -0.05) is 12.2 Å². The van der Waals surface area contributed by atoms with Gasteiger partial charge in [-0.05, 0) is 37.1 Å². The highest BCUT2D eigenvalue weighted by Gasteiger charge is 1.99. The van der Waals surface area contributed by atoms with Crippen LogP contribution >= 0.6 is 0 Å². The second-order valence-electron chi connectivity index (χ2n) is 3.35. The van der Waals surface area contributed by atoms with Gasteiger partial charge in [0.1, 0.15) is 0 Å². The van der Waals surface area contributed by atoms with Gasteiger partial charge in [-0.3, -0.25) is 0 Å². The molecule has 1 aliphatic heterocycles. The molecule has 72 valence electrons. The summed E-state index contributed by atoms with van der Waals surface area (Å²) in [5, 5.41) is 0. The summed E-state index contributed by atoms with van der Waals surface area (Å²) in [5.74, 6) is 0. The first-order valence-electron chi connectivity index (χ1n) is 4.83. The number of rotatable bonds is 1. The molecule has 0 aliphatic carbocycles. The molecule has 0 fully saturated rings. The predicted molar refractivity (Wildman–Crippen MR) is 60.8 cm³/mol. The Morgan fingerprint density at radius 3 is 2.07 bits per heavy atom. The Morgan fingerprint density at radius 1 is 0.929 bits per heavy atom. The zero-order valence-electron chi connectivity index (χ0n) is 8.06. The van der Waals surface area contributed by atoms with Crippen molar-refractivity contribution in [2.45, 2.75) is 12.8 Å². The minimum atomic E-state index is 0.802. The molecule has 2 nitrogen and oxygen atoms in total. The van der Waals surface area contributed by atoms with Crippen LogP contribution in [0.25, 0.3) is 0 Å². The lowest BCUT2D eigenvalue weighted by Crippen LogP contribution is -2.05. The quantitative estimate of drug-likeness (QED) is 0.683. The minimum absolute atomic E-state index is 0.802. The lowest BCUT2D eigenvalue weighted by Gasteiger charge is -2.14. The molecule has 2 N–H and O–H groups in total. The summed E-state index contributed by atoms with van der Waals surface area (Å²) in [6, 6.07) is 7.88. The van der Waals surface area contributed by atoms with Crippen molar-refractivity contribution in [1.82, 2.24) is 0 Å². The Balaban J connectivity index is 2.25. The van der Waals surface area contributed by atoms with Gasteiger partial charge in [0.25, 0.3) is 0 Å². The second kappa shape index (κ2) is 4.01. The second-order valence-corrected chi connectivity index (χ2v) is 3.35. The Kier molecular flexibility index (Phi) is 2.54. The normalized spacial score (nSPS) is 15.6. The fraction of sp³-hybridized carbons (Fsp3) is 0.167. The van der Waals surface area contributed by atoms with Gasteiger partial charge in [-0.25, -0.2) is 0 Å². The Bertz CT molecular complexity index is 335. The summed E-state index contributed by atoms with van der Waals surface area (Å²) in [4.78, 5) is 2.10. The van der Waals surface area contributed by atoms with Crippen LogP contribution in [0.4, 0.5) is 11.4 Å².